The predicted octanol–water partition coefficient (Wildman–Crippen LogP) is 2.44. The summed E-state index contributed by atoms with van der Waals surface area (Å²) in [7, 11) is 1.77. The van der Waals surface area contributed by atoms with Crippen LogP contribution in [0.5, 0.6) is 0 Å². The average Bonchev–Trinajstić information content (AvgIpc) is 3.09. The summed E-state index contributed by atoms with van der Waals surface area (Å²) in [4.78, 5) is 4.69. The second kappa shape index (κ2) is 5.45. The highest BCUT2D eigenvalue weighted by atomic mass is 16.5. The van der Waals surface area contributed by atoms with Crippen molar-refractivity contribution in [1.29, 1.82) is 0 Å². The van der Waals surface area contributed by atoms with Crippen molar-refractivity contribution in [3.8, 4) is 0 Å². The molecule has 1 saturated carbocycles. The van der Waals surface area contributed by atoms with E-state index in [-0.39, 0.29) is 5.60 Å². The maximum Gasteiger partial charge on any atom is 0.231 e. The second-order valence-corrected chi connectivity index (χ2v) is 6.58. The fraction of sp³-hybridized carbons (Fsp3) is 0.867. The van der Waals surface area contributed by atoms with E-state index >= 15 is 0 Å². The minimum atomic E-state index is -0.330. The van der Waals surface area contributed by atoms with Crippen LogP contribution in [0.15, 0.2) is 4.52 Å². The van der Waals surface area contributed by atoms with Crippen LogP contribution in [0.4, 0.5) is 0 Å². The van der Waals surface area contributed by atoms with Crippen molar-refractivity contribution >= 4 is 0 Å². The van der Waals surface area contributed by atoms with Gasteiger partial charge in [-0.1, -0.05) is 19.0 Å². The van der Waals surface area contributed by atoms with Gasteiger partial charge in [-0.15, -0.1) is 0 Å². The summed E-state index contributed by atoms with van der Waals surface area (Å²) in [5.74, 6) is 3.18. The third-order valence-electron chi connectivity index (χ3n) is 5.16. The monoisotopic (exact) mass is 279 g/mol. The van der Waals surface area contributed by atoms with Gasteiger partial charge in [-0.3, -0.25) is 0 Å². The van der Waals surface area contributed by atoms with Gasteiger partial charge in [0.2, 0.25) is 11.7 Å². The molecule has 2 fully saturated rings. The zero-order valence-corrected chi connectivity index (χ0v) is 12.7. The zero-order valence-electron chi connectivity index (χ0n) is 12.7. The van der Waals surface area contributed by atoms with Gasteiger partial charge < -0.3 is 14.6 Å². The van der Waals surface area contributed by atoms with E-state index in [2.05, 4.69) is 24.3 Å². The van der Waals surface area contributed by atoms with Crippen LogP contribution in [0.3, 0.4) is 0 Å². The summed E-state index contributed by atoms with van der Waals surface area (Å²) >= 11 is 0. The molecule has 1 aromatic heterocycles. The molecule has 2 heterocycles. The van der Waals surface area contributed by atoms with Crippen LogP contribution < -0.4 is 5.32 Å². The highest BCUT2D eigenvalue weighted by Gasteiger charge is 2.41. The van der Waals surface area contributed by atoms with Crippen molar-refractivity contribution in [2.45, 2.75) is 51.0 Å². The van der Waals surface area contributed by atoms with Gasteiger partial charge in [0, 0.05) is 13.7 Å². The van der Waals surface area contributed by atoms with Gasteiger partial charge in [0.25, 0.3) is 0 Å². The molecule has 3 rings (SSSR count). The number of hydrogen-bond acceptors (Lipinski definition) is 5. The molecule has 5 heteroatoms. The largest absolute Gasteiger partial charge is 0.370 e. The van der Waals surface area contributed by atoms with Crippen molar-refractivity contribution < 1.29 is 9.26 Å². The molecule has 112 valence electrons. The van der Waals surface area contributed by atoms with E-state index in [1.165, 1.54) is 12.8 Å². The topological polar surface area (TPSA) is 60.2 Å². The van der Waals surface area contributed by atoms with Crippen molar-refractivity contribution in [2.75, 3.05) is 20.2 Å². The lowest BCUT2D eigenvalue weighted by atomic mass is 9.79. The molecule has 0 bridgehead atoms. The first-order valence-corrected chi connectivity index (χ1v) is 7.74. The summed E-state index contributed by atoms with van der Waals surface area (Å²) < 4.78 is 11.4. The van der Waals surface area contributed by atoms with Crippen molar-refractivity contribution in [2.24, 2.45) is 11.8 Å². The Morgan fingerprint density at radius 3 is 2.60 bits per heavy atom. The summed E-state index contributed by atoms with van der Waals surface area (Å²) in [5, 5.41) is 7.63. The van der Waals surface area contributed by atoms with Gasteiger partial charge >= 0.3 is 0 Å². The number of aromatic nitrogens is 2. The van der Waals surface area contributed by atoms with E-state index < -0.39 is 0 Å². The highest BCUT2D eigenvalue weighted by molar-refractivity contribution is 5.07. The second-order valence-electron chi connectivity index (χ2n) is 6.58. The van der Waals surface area contributed by atoms with Crippen LogP contribution in [0.1, 0.15) is 57.2 Å². The summed E-state index contributed by atoms with van der Waals surface area (Å²) in [6.07, 6.45) is 4.31. The first-order chi connectivity index (χ1) is 9.64. The number of ether oxygens (including phenoxy) is 1. The molecule has 2 aliphatic rings. The summed E-state index contributed by atoms with van der Waals surface area (Å²) in [5.41, 5.74) is -0.330. The maximum atomic E-state index is 5.82. The van der Waals surface area contributed by atoms with Crippen molar-refractivity contribution in [3.63, 3.8) is 0 Å². The molecule has 0 radical (unpaired) electrons. The molecular weight excluding hydrogens is 254 g/mol. The highest BCUT2D eigenvalue weighted by Crippen LogP contribution is 2.41. The number of nitrogens with zero attached hydrogens (tertiary/aromatic N) is 2. The van der Waals surface area contributed by atoms with Crippen molar-refractivity contribution in [3.05, 3.63) is 11.7 Å². The molecule has 5 nitrogen and oxygen atoms in total. The molecule has 1 saturated heterocycles. The molecule has 1 aromatic rings. The lowest BCUT2D eigenvalue weighted by Crippen LogP contribution is -2.34. The fourth-order valence-electron chi connectivity index (χ4n) is 3.46. The Kier molecular flexibility index (Phi) is 3.82. The maximum absolute atomic E-state index is 5.82. The van der Waals surface area contributed by atoms with E-state index in [0.29, 0.717) is 11.8 Å². The Bertz CT molecular complexity index is 452. The van der Waals surface area contributed by atoms with E-state index in [9.17, 15) is 0 Å². The average molecular weight is 279 g/mol. The SMILES string of the molecule is COC1(c2noc([C@@H]3CNC[C@H]3C)n2)CCC(C)CC1. The molecule has 0 spiro atoms. The third kappa shape index (κ3) is 2.37. The molecule has 0 amide bonds. The summed E-state index contributed by atoms with van der Waals surface area (Å²) in [6.45, 7) is 6.48. The van der Waals surface area contributed by atoms with Gasteiger partial charge in [0.1, 0.15) is 5.60 Å². The lowest BCUT2D eigenvalue weighted by Gasteiger charge is -2.35. The first-order valence-electron chi connectivity index (χ1n) is 7.74. The van der Waals surface area contributed by atoms with Crippen LogP contribution in [-0.2, 0) is 10.3 Å². The Hall–Kier alpha value is -0.940. The van der Waals surface area contributed by atoms with E-state index in [4.69, 9.17) is 14.2 Å². The number of methoxy groups -OCH3 is 1. The molecule has 20 heavy (non-hydrogen) atoms. The van der Waals surface area contributed by atoms with Crippen LogP contribution >= 0.6 is 0 Å². The van der Waals surface area contributed by atoms with E-state index in [1.807, 2.05) is 0 Å². The number of nitrogens with one attached hydrogen (secondary N) is 1. The Balaban J connectivity index is 1.81. The first kappa shape index (κ1) is 14.0. The Labute approximate surface area is 120 Å². The Morgan fingerprint density at radius 2 is 2.00 bits per heavy atom. The zero-order chi connectivity index (χ0) is 14.2. The molecule has 2 atom stereocenters. The minimum Gasteiger partial charge on any atom is -0.370 e. The van der Waals surface area contributed by atoms with Gasteiger partial charge in [-0.2, -0.15) is 4.98 Å². The lowest BCUT2D eigenvalue weighted by molar-refractivity contribution is -0.0609. The van der Waals surface area contributed by atoms with E-state index in [1.54, 1.807) is 7.11 Å². The van der Waals surface area contributed by atoms with Gasteiger partial charge in [0.05, 0.1) is 5.92 Å². The molecular formula is C15H25N3O2. The van der Waals surface area contributed by atoms with Crippen molar-refractivity contribution in [1.82, 2.24) is 15.5 Å². The van der Waals surface area contributed by atoms with Crippen LogP contribution in [0, 0.1) is 11.8 Å². The third-order valence-corrected chi connectivity index (χ3v) is 5.16. The van der Waals surface area contributed by atoms with E-state index in [0.717, 1.165) is 43.6 Å². The normalized spacial score (nSPS) is 38.2. The predicted molar refractivity (Wildman–Crippen MR) is 75.4 cm³/mol. The smallest absolute Gasteiger partial charge is 0.231 e. The summed E-state index contributed by atoms with van der Waals surface area (Å²) in [6, 6.07) is 0. The molecule has 1 aliphatic carbocycles. The Morgan fingerprint density at radius 1 is 1.25 bits per heavy atom. The van der Waals surface area contributed by atoms with Gasteiger partial charge in [-0.25, -0.2) is 0 Å². The van der Waals surface area contributed by atoms with Crippen LogP contribution in [0.25, 0.3) is 0 Å². The molecule has 0 unspecified atom stereocenters. The minimum absolute atomic E-state index is 0.330. The molecule has 0 aromatic carbocycles. The molecule has 1 N–H and O–H groups in total. The van der Waals surface area contributed by atoms with Crippen LogP contribution in [0.2, 0.25) is 0 Å². The van der Waals surface area contributed by atoms with Gasteiger partial charge in [-0.05, 0) is 44.1 Å². The fourth-order valence-corrected chi connectivity index (χ4v) is 3.46. The number of hydrogen-bond donors (Lipinski definition) is 1. The number of rotatable bonds is 3. The molecule has 1 aliphatic heterocycles. The standard InChI is InChI=1S/C15H25N3O2/c1-10-4-6-15(19-3,7-5-10)14-17-13(20-18-14)12-9-16-8-11(12)2/h10-12,16H,4-9H2,1-3H3/t10?,11-,12-,15?/m1/s1. The van der Waals surface area contributed by atoms with Crippen LogP contribution in [-0.4, -0.2) is 30.3 Å². The quantitative estimate of drug-likeness (QED) is 0.921. The van der Waals surface area contributed by atoms with Gasteiger partial charge in [0.15, 0.2) is 0 Å².